The summed E-state index contributed by atoms with van der Waals surface area (Å²) in [6.45, 7) is 2.04. The summed E-state index contributed by atoms with van der Waals surface area (Å²) in [5.41, 5.74) is 2.95. The van der Waals surface area contributed by atoms with Gasteiger partial charge in [-0.25, -0.2) is 0 Å². The van der Waals surface area contributed by atoms with E-state index in [1.165, 1.54) is 16.3 Å². The first kappa shape index (κ1) is 22.5. The number of rotatable bonds is 1. The molecule has 4 heteroatoms. The van der Waals surface area contributed by atoms with Crippen molar-refractivity contribution in [1.82, 2.24) is 0 Å². The average molecular weight is 425 g/mol. The molecule has 0 spiro atoms. The van der Waals surface area contributed by atoms with Crippen LogP contribution in [-0.2, 0) is 0 Å². The van der Waals surface area contributed by atoms with E-state index < -0.39 is 0 Å². The number of hydrogen-bond acceptors (Lipinski definition) is 2. The first-order chi connectivity index (χ1) is 13.2. The summed E-state index contributed by atoms with van der Waals surface area (Å²) >= 11 is 0. The third-order valence-electron chi connectivity index (χ3n) is 4.76. The van der Waals surface area contributed by atoms with Crippen molar-refractivity contribution in [2.45, 2.75) is 13.3 Å². The molecule has 4 aromatic rings. The van der Waals surface area contributed by atoms with E-state index in [0.29, 0.717) is 16.7 Å². The fourth-order valence-electron chi connectivity index (χ4n) is 3.30. The zero-order valence-electron chi connectivity index (χ0n) is 16.0. The predicted octanol–water partition coefficient (Wildman–Crippen LogP) is 7.21. The van der Waals surface area contributed by atoms with Gasteiger partial charge in [-0.15, -0.1) is 24.8 Å². The molecular formula is C25H22Cl2O2. The van der Waals surface area contributed by atoms with Crippen molar-refractivity contribution in [2.24, 2.45) is 0 Å². The van der Waals surface area contributed by atoms with Crippen LogP contribution in [0.1, 0.15) is 19.1 Å². The smallest absolute Gasteiger partial charge is 0.193 e. The number of halogens is 2. The maximum absolute atomic E-state index is 12.0. The highest BCUT2D eigenvalue weighted by atomic mass is 35.5. The molecule has 1 aliphatic rings. The van der Waals surface area contributed by atoms with Gasteiger partial charge >= 0.3 is 0 Å². The molecule has 0 aliphatic heterocycles. The van der Waals surface area contributed by atoms with Crippen LogP contribution in [0.2, 0.25) is 0 Å². The normalized spacial score (nSPS) is 12.2. The molecule has 0 amide bonds. The van der Waals surface area contributed by atoms with Crippen LogP contribution in [0.3, 0.4) is 0 Å². The molecule has 3 aromatic carbocycles. The van der Waals surface area contributed by atoms with Crippen molar-refractivity contribution in [2.75, 3.05) is 0 Å². The maximum Gasteiger partial charge on any atom is 0.193 e. The second-order valence-electron chi connectivity index (χ2n) is 6.59. The largest absolute Gasteiger partial charge is 0.456 e. The molecule has 0 saturated heterocycles. The van der Waals surface area contributed by atoms with Crippen molar-refractivity contribution in [1.29, 1.82) is 0 Å². The lowest BCUT2D eigenvalue weighted by Gasteiger charge is -2.04. The molecule has 1 aromatic heterocycles. The van der Waals surface area contributed by atoms with Crippen LogP contribution in [0.4, 0.5) is 0 Å². The molecule has 1 heterocycles. The molecule has 0 saturated carbocycles. The predicted molar refractivity (Wildman–Crippen MR) is 127 cm³/mol. The van der Waals surface area contributed by atoms with E-state index in [2.05, 4.69) is 60.7 Å². The quantitative estimate of drug-likeness (QED) is 0.323. The van der Waals surface area contributed by atoms with Crippen molar-refractivity contribution in [3.05, 3.63) is 113 Å². The number of allylic oxidation sites excluding steroid dienone is 4. The summed E-state index contributed by atoms with van der Waals surface area (Å²) in [4.78, 5) is 12.0. The van der Waals surface area contributed by atoms with Crippen LogP contribution in [0.5, 0.6) is 0 Å². The second-order valence-corrected chi connectivity index (χ2v) is 6.59. The van der Waals surface area contributed by atoms with Crippen molar-refractivity contribution >= 4 is 52.1 Å². The minimum Gasteiger partial charge on any atom is -0.456 e. The zero-order chi connectivity index (χ0) is 18.6. The minimum atomic E-state index is 0. The van der Waals surface area contributed by atoms with Crippen LogP contribution >= 0.6 is 24.8 Å². The van der Waals surface area contributed by atoms with Crippen LogP contribution < -0.4 is 5.43 Å². The first-order valence-electron chi connectivity index (χ1n) is 9.06. The molecule has 0 unspecified atom stereocenters. The molecule has 5 rings (SSSR count). The zero-order valence-corrected chi connectivity index (χ0v) is 17.6. The third-order valence-corrected chi connectivity index (χ3v) is 4.76. The average Bonchev–Trinajstić information content (AvgIpc) is 3.14. The van der Waals surface area contributed by atoms with Gasteiger partial charge in [0.15, 0.2) is 5.43 Å². The van der Waals surface area contributed by atoms with Gasteiger partial charge in [-0.05, 0) is 41.8 Å². The standard InChI is InChI=1S/C15H12O2.C10H8.2ClH/c1-10-5-4-7-11(10)15-9-13(16)12-6-2-3-8-14(12)17-15;1-2-6-10-8-4-3-7-9(10)5-1;;/h2-6,8-9H,7H2,1H3;1-8H;2*1H. The van der Waals surface area contributed by atoms with Crippen molar-refractivity contribution in [3.63, 3.8) is 0 Å². The van der Waals surface area contributed by atoms with Crippen molar-refractivity contribution < 1.29 is 4.42 Å². The van der Waals surface area contributed by atoms with Gasteiger partial charge in [0.1, 0.15) is 11.3 Å². The van der Waals surface area contributed by atoms with Gasteiger partial charge < -0.3 is 4.42 Å². The molecule has 0 N–H and O–H groups in total. The molecule has 1 aliphatic carbocycles. The Hall–Kier alpha value is -2.81. The fraction of sp³-hybridized carbons (Fsp3) is 0.0800. The summed E-state index contributed by atoms with van der Waals surface area (Å²) in [6.07, 6.45) is 4.98. The Bertz CT molecular complexity index is 1170. The summed E-state index contributed by atoms with van der Waals surface area (Å²) in [5, 5.41) is 3.26. The Morgan fingerprint density at radius 2 is 1.34 bits per heavy atom. The molecule has 148 valence electrons. The Balaban J connectivity index is 0.000000216. The summed E-state index contributed by atoms with van der Waals surface area (Å²) < 4.78 is 5.80. The summed E-state index contributed by atoms with van der Waals surface area (Å²) in [7, 11) is 0. The first-order valence-corrected chi connectivity index (χ1v) is 9.06. The molecule has 0 bridgehead atoms. The van der Waals surface area contributed by atoms with Gasteiger partial charge in [-0.2, -0.15) is 0 Å². The maximum atomic E-state index is 12.0. The van der Waals surface area contributed by atoms with Crippen LogP contribution in [0.15, 0.2) is 106 Å². The second kappa shape index (κ2) is 10.1. The highest BCUT2D eigenvalue weighted by Gasteiger charge is 2.12. The van der Waals surface area contributed by atoms with E-state index in [-0.39, 0.29) is 30.2 Å². The molecule has 0 atom stereocenters. The highest BCUT2D eigenvalue weighted by molar-refractivity contribution is 5.85. The lowest BCUT2D eigenvalue weighted by atomic mass is 10.1. The number of para-hydroxylation sites is 1. The monoisotopic (exact) mass is 424 g/mol. The molecule has 0 radical (unpaired) electrons. The van der Waals surface area contributed by atoms with E-state index in [1.807, 2.05) is 25.1 Å². The number of benzene rings is 3. The molecule has 2 nitrogen and oxygen atoms in total. The van der Waals surface area contributed by atoms with Gasteiger partial charge in [0.05, 0.1) is 5.39 Å². The van der Waals surface area contributed by atoms with Crippen molar-refractivity contribution in [3.8, 4) is 0 Å². The van der Waals surface area contributed by atoms with E-state index in [4.69, 9.17) is 4.42 Å². The van der Waals surface area contributed by atoms with Crippen LogP contribution in [0, 0.1) is 0 Å². The Morgan fingerprint density at radius 3 is 1.90 bits per heavy atom. The molecule has 29 heavy (non-hydrogen) atoms. The van der Waals surface area contributed by atoms with E-state index in [1.54, 1.807) is 12.1 Å². The minimum absolute atomic E-state index is 0. The molecule has 0 fully saturated rings. The van der Waals surface area contributed by atoms with E-state index in [0.717, 1.165) is 12.0 Å². The lowest BCUT2D eigenvalue weighted by molar-refractivity contribution is 0.584. The van der Waals surface area contributed by atoms with Gasteiger partial charge in [-0.1, -0.05) is 72.8 Å². The Labute approximate surface area is 182 Å². The SMILES string of the molecule is CC1=C(c2cc(=O)c3ccccc3o2)CC=C1.Cl.Cl.c1ccc2ccccc2c1. The van der Waals surface area contributed by atoms with E-state index >= 15 is 0 Å². The summed E-state index contributed by atoms with van der Waals surface area (Å²) in [5.74, 6) is 0.691. The third kappa shape index (κ3) is 4.97. The Kier molecular flexibility index (Phi) is 7.83. The lowest BCUT2D eigenvalue weighted by Crippen LogP contribution is -2.01. The van der Waals surface area contributed by atoms with Gasteiger partial charge in [0.25, 0.3) is 0 Å². The Morgan fingerprint density at radius 1 is 0.793 bits per heavy atom. The van der Waals surface area contributed by atoms with Crippen LogP contribution in [0.25, 0.3) is 27.3 Å². The van der Waals surface area contributed by atoms with Gasteiger partial charge in [0, 0.05) is 11.6 Å². The molecular weight excluding hydrogens is 403 g/mol. The van der Waals surface area contributed by atoms with Crippen LogP contribution in [-0.4, -0.2) is 0 Å². The highest BCUT2D eigenvalue weighted by Crippen LogP contribution is 2.29. The number of hydrogen-bond donors (Lipinski definition) is 0. The van der Waals surface area contributed by atoms with E-state index in [9.17, 15) is 4.79 Å². The fourth-order valence-corrected chi connectivity index (χ4v) is 3.30. The summed E-state index contributed by atoms with van der Waals surface area (Å²) in [6, 6.07) is 25.7. The van der Waals surface area contributed by atoms with Gasteiger partial charge in [-0.3, -0.25) is 4.79 Å². The topological polar surface area (TPSA) is 30.2 Å². The van der Waals surface area contributed by atoms with Gasteiger partial charge in [0.2, 0.25) is 0 Å². The number of fused-ring (bicyclic) bond motifs is 2.